The summed E-state index contributed by atoms with van der Waals surface area (Å²) in [5.41, 5.74) is 1.31. The van der Waals surface area contributed by atoms with Gasteiger partial charge in [-0.05, 0) is 43.2 Å². The first-order valence-electron chi connectivity index (χ1n) is 8.41. The second kappa shape index (κ2) is 5.07. The van der Waals surface area contributed by atoms with Gasteiger partial charge in [0, 0.05) is 22.8 Å². The molecule has 1 saturated heterocycles. The molecule has 3 nitrogen and oxygen atoms in total. The molecule has 0 spiro atoms. The Balaban J connectivity index is 1.49. The van der Waals surface area contributed by atoms with Gasteiger partial charge in [-0.25, -0.2) is 4.79 Å². The number of rotatable bonds is 2. The van der Waals surface area contributed by atoms with Gasteiger partial charge in [0.25, 0.3) is 0 Å². The highest BCUT2D eigenvalue weighted by atomic mass is 32.1. The van der Waals surface area contributed by atoms with Crippen LogP contribution < -0.4 is 0 Å². The Labute approximate surface area is 136 Å². The zero-order valence-corrected chi connectivity index (χ0v) is 14.4. The fraction of sp³-hybridized carbons (Fsp3) is 0.722. The lowest BCUT2D eigenvalue weighted by Crippen LogP contribution is -2.61. The Morgan fingerprint density at radius 2 is 2.23 bits per heavy atom. The van der Waals surface area contributed by atoms with Crippen LogP contribution in [-0.2, 0) is 22.3 Å². The highest BCUT2D eigenvalue weighted by Crippen LogP contribution is 2.54. The summed E-state index contributed by atoms with van der Waals surface area (Å²) in [6, 6.07) is 2.08. The van der Waals surface area contributed by atoms with Crippen LogP contribution in [0.15, 0.2) is 6.07 Å². The molecule has 4 heteroatoms. The summed E-state index contributed by atoms with van der Waals surface area (Å²) in [4.78, 5) is 14.7. The predicted octanol–water partition coefficient (Wildman–Crippen LogP) is 3.84. The molecule has 4 atom stereocenters. The molecule has 120 valence electrons. The van der Waals surface area contributed by atoms with Gasteiger partial charge in [0.2, 0.25) is 0 Å². The largest absolute Gasteiger partial charge is 0.457 e. The van der Waals surface area contributed by atoms with Crippen molar-refractivity contribution in [2.24, 2.45) is 17.3 Å². The van der Waals surface area contributed by atoms with Crippen LogP contribution >= 0.6 is 11.3 Å². The molecule has 1 aliphatic heterocycles. The summed E-state index contributed by atoms with van der Waals surface area (Å²) in [5, 5.41) is 0. The van der Waals surface area contributed by atoms with Crippen molar-refractivity contribution in [3.63, 3.8) is 0 Å². The van der Waals surface area contributed by atoms with Crippen LogP contribution in [0.1, 0.15) is 53.7 Å². The van der Waals surface area contributed by atoms with Gasteiger partial charge in [-0.2, -0.15) is 0 Å². The molecule has 2 fully saturated rings. The molecule has 2 aliphatic carbocycles. The summed E-state index contributed by atoms with van der Waals surface area (Å²) in [7, 11) is 0. The first-order chi connectivity index (χ1) is 10.5. The monoisotopic (exact) mass is 320 g/mol. The average molecular weight is 320 g/mol. The second-order valence-electron chi connectivity index (χ2n) is 7.80. The van der Waals surface area contributed by atoms with E-state index in [0.717, 1.165) is 36.7 Å². The van der Waals surface area contributed by atoms with E-state index in [1.807, 2.05) is 0 Å². The minimum absolute atomic E-state index is 0.00514. The molecule has 22 heavy (non-hydrogen) atoms. The molecule has 1 aromatic rings. The van der Waals surface area contributed by atoms with E-state index >= 15 is 0 Å². The minimum atomic E-state index is -0.129. The van der Waals surface area contributed by atoms with E-state index in [1.165, 1.54) is 16.9 Å². The van der Waals surface area contributed by atoms with Crippen LogP contribution in [-0.4, -0.2) is 24.8 Å². The number of carbonyl (C=O) groups excluding carboxylic acids is 1. The molecule has 4 rings (SSSR count). The van der Waals surface area contributed by atoms with Crippen molar-refractivity contribution in [3.05, 3.63) is 21.4 Å². The molecule has 0 radical (unpaired) electrons. The third-order valence-electron chi connectivity index (χ3n) is 5.76. The van der Waals surface area contributed by atoms with Crippen molar-refractivity contribution < 1.29 is 14.3 Å². The van der Waals surface area contributed by atoms with E-state index in [-0.39, 0.29) is 23.6 Å². The van der Waals surface area contributed by atoms with Gasteiger partial charge in [0.15, 0.2) is 0 Å². The van der Waals surface area contributed by atoms with Crippen molar-refractivity contribution in [1.29, 1.82) is 0 Å². The maximum atomic E-state index is 12.6. The Kier molecular flexibility index (Phi) is 3.39. The third-order valence-corrected chi connectivity index (χ3v) is 6.97. The lowest BCUT2D eigenvalue weighted by Gasteiger charge is -2.53. The van der Waals surface area contributed by atoms with Crippen LogP contribution in [0.5, 0.6) is 0 Å². The maximum Gasteiger partial charge on any atom is 0.348 e. The van der Waals surface area contributed by atoms with Gasteiger partial charge < -0.3 is 9.47 Å². The molecule has 2 heterocycles. The van der Waals surface area contributed by atoms with E-state index in [2.05, 4.69) is 26.8 Å². The highest BCUT2D eigenvalue weighted by Gasteiger charge is 2.61. The molecule has 0 bridgehead atoms. The first kappa shape index (κ1) is 14.7. The van der Waals surface area contributed by atoms with Crippen molar-refractivity contribution in [2.75, 3.05) is 6.61 Å². The van der Waals surface area contributed by atoms with Gasteiger partial charge in [-0.3, -0.25) is 0 Å². The van der Waals surface area contributed by atoms with Crippen molar-refractivity contribution in [2.45, 2.75) is 58.7 Å². The van der Waals surface area contributed by atoms with Gasteiger partial charge >= 0.3 is 5.97 Å². The Morgan fingerprint density at radius 1 is 1.41 bits per heavy atom. The number of thiophene rings is 1. The average Bonchev–Trinajstić information content (AvgIpc) is 3.09. The minimum Gasteiger partial charge on any atom is -0.457 e. The van der Waals surface area contributed by atoms with Gasteiger partial charge in [-0.1, -0.05) is 20.8 Å². The van der Waals surface area contributed by atoms with Gasteiger partial charge in [-0.15, -0.1) is 11.3 Å². The van der Waals surface area contributed by atoms with Crippen molar-refractivity contribution in [1.82, 2.24) is 0 Å². The summed E-state index contributed by atoms with van der Waals surface area (Å²) in [6.45, 7) is 7.39. The molecule has 1 saturated carbocycles. The molecular weight excluding hydrogens is 296 g/mol. The number of fused-ring (bicyclic) bond motifs is 2. The molecule has 0 aromatic carbocycles. The van der Waals surface area contributed by atoms with Crippen LogP contribution in [0.4, 0.5) is 0 Å². The summed E-state index contributed by atoms with van der Waals surface area (Å²) >= 11 is 1.64. The number of hydrogen-bond donors (Lipinski definition) is 0. The zero-order chi connectivity index (χ0) is 15.5. The van der Waals surface area contributed by atoms with Crippen LogP contribution in [0, 0.1) is 17.3 Å². The number of esters is 1. The fourth-order valence-electron chi connectivity index (χ4n) is 4.50. The van der Waals surface area contributed by atoms with Crippen LogP contribution in [0.2, 0.25) is 0 Å². The lowest BCUT2D eigenvalue weighted by molar-refractivity contribution is -0.183. The van der Waals surface area contributed by atoms with E-state index in [0.29, 0.717) is 5.92 Å². The van der Waals surface area contributed by atoms with Crippen molar-refractivity contribution in [3.8, 4) is 0 Å². The van der Waals surface area contributed by atoms with Gasteiger partial charge in [0.1, 0.15) is 11.0 Å². The highest BCUT2D eigenvalue weighted by molar-refractivity contribution is 7.14. The third kappa shape index (κ3) is 2.15. The number of carbonyl (C=O) groups is 1. The standard InChI is InChI=1S/C18H24O3S/c1-10-4-5-13-11(8-10)9-14(22-13)17(19)21-16-12-6-7-20-15(12)18(16,2)3/h9-10,12,15-16H,4-8H2,1-3H3/t10-,12-,15+,16-/m1/s1. The molecule has 1 aromatic heterocycles. The summed E-state index contributed by atoms with van der Waals surface area (Å²) in [6.07, 6.45) is 4.74. The maximum absolute atomic E-state index is 12.6. The number of ether oxygens (including phenoxy) is 2. The number of aryl methyl sites for hydroxylation is 1. The van der Waals surface area contributed by atoms with Crippen LogP contribution in [0.25, 0.3) is 0 Å². The first-order valence-corrected chi connectivity index (χ1v) is 9.22. The van der Waals surface area contributed by atoms with Crippen LogP contribution in [0.3, 0.4) is 0 Å². The SMILES string of the molecule is C[C@@H]1CCc2sc(C(=O)O[C@@H]3[C@@H]4CCO[C@@H]4C3(C)C)cc2C1. The van der Waals surface area contributed by atoms with E-state index < -0.39 is 0 Å². The van der Waals surface area contributed by atoms with E-state index in [4.69, 9.17) is 9.47 Å². The second-order valence-corrected chi connectivity index (χ2v) is 8.93. The van der Waals surface area contributed by atoms with E-state index in [9.17, 15) is 4.79 Å². The zero-order valence-electron chi connectivity index (χ0n) is 13.6. The molecule has 3 aliphatic rings. The quantitative estimate of drug-likeness (QED) is 0.777. The molecular formula is C18H24O3S. The molecule has 0 N–H and O–H groups in total. The smallest absolute Gasteiger partial charge is 0.348 e. The topological polar surface area (TPSA) is 35.5 Å². The summed E-state index contributed by atoms with van der Waals surface area (Å²) in [5.74, 6) is 0.997. The summed E-state index contributed by atoms with van der Waals surface area (Å²) < 4.78 is 11.7. The van der Waals surface area contributed by atoms with Gasteiger partial charge in [0.05, 0.1) is 6.10 Å². The van der Waals surface area contributed by atoms with Crippen molar-refractivity contribution >= 4 is 17.3 Å². The number of hydrogen-bond acceptors (Lipinski definition) is 4. The normalized spacial score (nSPS) is 35.4. The Morgan fingerprint density at radius 3 is 3.05 bits per heavy atom. The Hall–Kier alpha value is -0.870. The molecule has 0 unspecified atom stereocenters. The lowest BCUT2D eigenvalue weighted by atomic mass is 9.59. The fourth-order valence-corrected chi connectivity index (χ4v) is 5.59. The molecule has 0 amide bonds. The Bertz CT molecular complexity index is 603. The van der Waals surface area contributed by atoms with E-state index in [1.54, 1.807) is 11.3 Å². The predicted molar refractivity (Wildman–Crippen MR) is 86.3 cm³/mol.